The fourth-order valence-corrected chi connectivity index (χ4v) is 4.74. The number of carbonyl (C=O) groups is 2. The summed E-state index contributed by atoms with van der Waals surface area (Å²) in [6.45, 7) is 5.11. The van der Waals surface area contributed by atoms with Gasteiger partial charge in [-0.2, -0.15) is 0 Å². The molecule has 1 aliphatic heterocycles. The minimum Gasteiger partial charge on any atom is -0.461 e. The minimum atomic E-state index is -0.340. The van der Waals surface area contributed by atoms with E-state index in [2.05, 4.69) is 9.88 Å². The highest BCUT2D eigenvalue weighted by Crippen LogP contribution is 2.27. The van der Waals surface area contributed by atoms with Gasteiger partial charge in [-0.1, -0.05) is 0 Å². The van der Waals surface area contributed by atoms with E-state index in [-0.39, 0.29) is 24.3 Å². The molecule has 0 unspecified atom stereocenters. The predicted molar refractivity (Wildman–Crippen MR) is 123 cm³/mol. The summed E-state index contributed by atoms with van der Waals surface area (Å²) >= 11 is 1.42. The molecule has 1 aliphatic rings. The van der Waals surface area contributed by atoms with Gasteiger partial charge in [0.25, 0.3) is 0 Å². The highest BCUT2D eigenvalue weighted by atomic mass is 32.2. The zero-order valence-electron chi connectivity index (χ0n) is 18.5. The Morgan fingerprint density at radius 3 is 2.82 bits per heavy atom. The normalized spacial score (nSPS) is 14.9. The molecule has 0 spiro atoms. The number of pyridine rings is 1. The maximum atomic E-state index is 13.7. The van der Waals surface area contributed by atoms with Gasteiger partial charge in [0.15, 0.2) is 0 Å². The molecule has 0 saturated carbocycles. The number of aromatic nitrogens is 1. The molecule has 4 rings (SSSR count). The number of esters is 1. The number of amides is 1. The fraction of sp³-hybridized carbons (Fsp3) is 0.375. The van der Waals surface area contributed by atoms with Gasteiger partial charge in [0.1, 0.15) is 23.9 Å². The molecule has 1 amide bonds. The van der Waals surface area contributed by atoms with Crippen LogP contribution in [0.2, 0.25) is 0 Å². The Morgan fingerprint density at radius 1 is 1.12 bits per heavy atom. The first-order valence-electron chi connectivity index (χ1n) is 10.9. The zero-order chi connectivity index (χ0) is 23.2. The van der Waals surface area contributed by atoms with Crippen molar-refractivity contribution < 1.29 is 23.1 Å². The summed E-state index contributed by atoms with van der Waals surface area (Å²) in [5, 5.41) is 0.726. The van der Waals surface area contributed by atoms with Gasteiger partial charge in [0.2, 0.25) is 5.91 Å². The minimum absolute atomic E-state index is 0.0740. The van der Waals surface area contributed by atoms with E-state index in [0.29, 0.717) is 36.7 Å². The highest BCUT2D eigenvalue weighted by molar-refractivity contribution is 8.00. The largest absolute Gasteiger partial charge is 0.461 e. The lowest BCUT2D eigenvalue weighted by molar-refractivity contribution is -0.142. The number of rotatable bonds is 7. The number of hydrogen-bond donors (Lipinski definition) is 0. The third kappa shape index (κ3) is 6.33. The fourth-order valence-electron chi connectivity index (χ4n) is 3.81. The summed E-state index contributed by atoms with van der Waals surface area (Å²) in [6.07, 6.45) is 2.56. The number of thioether (sulfide) groups is 1. The van der Waals surface area contributed by atoms with Crippen molar-refractivity contribution in [2.75, 3.05) is 31.9 Å². The number of halogens is 1. The third-order valence-corrected chi connectivity index (χ3v) is 6.53. The van der Waals surface area contributed by atoms with Crippen LogP contribution in [0.4, 0.5) is 4.39 Å². The molecular weight excluding hydrogens is 445 g/mol. The van der Waals surface area contributed by atoms with Gasteiger partial charge in [-0.15, -0.1) is 11.8 Å². The number of carbonyl (C=O) groups excluding carboxylic acids is 2. The standard InChI is InChI=1S/C24H26FN3O4S/c1-17(29)31-15-20-5-4-19(32-20)14-27-9-2-10-28(12-11-27)24(30)16-33-23-7-8-26-22-6-3-18(25)13-21(22)23/h3-8,13H,2,9-12,14-16H2,1H3. The molecule has 7 nitrogen and oxygen atoms in total. The van der Waals surface area contributed by atoms with E-state index in [1.165, 1.54) is 30.8 Å². The molecule has 3 heterocycles. The lowest BCUT2D eigenvalue weighted by Crippen LogP contribution is -2.36. The van der Waals surface area contributed by atoms with Crippen LogP contribution in [0.25, 0.3) is 10.9 Å². The van der Waals surface area contributed by atoms with Crippen molar-refractivity contribution in [3.63, 3.8) is 0 Å². The van der Waals surface area contributed by atoms with E-state index in [1.54, 1.807) is 12.3 Å². The Kier molecular flexibility index (Phi) is 7.61. The van der Waals surface area contributed by atoms with Crippen molar-refractivity contribution >= 4 is 34.5 Å². The SMILES string of the molecule is CC(=O)OCc1ccc(CN2CCCN(C(=O)CSc3ccnc4ccc(F)cc34)CC2)o1. The Balaban J connectivity index is 1.29. The molecule has 0 atom stereocenters. The van der Waals surface area contributed by atoms with Crippen LogP contribution < -0.4 is 0 Å². The molecule has 2 aromatic heterocycles. The van der Waals surface area contributed by atoms with Gasteiger partial charge in [0, 0.05) is 49.6 Å². The summed E-state index contributed by atoms with van der Waals surface area (Å²) in [5.74, 6) is 1.15. The molecule has 0 N–H and O–H groups in total. The molecule has 33 heavy (non-hydrogen) atoms. The van der Waals surface area contributed by atoms with E-state index in [0.717, 1.165) is 35.6 Å². The number of hydrogen-bond acceptors (Lipinski definition) is 7. The molecule has 0 radical (unpaired) electrons. The molecular formula is C24H26FN3O4S. The van der Waals surface area contributed by atoms with E-state index >= 15 is 0 Å². The van der Waals surface area contributed by atoms with Gasteiger partial charge < -0.3 is 14.1 Å². The molecule has 0 aliphatic carbocycles. The highest BCUT2D eigenvalue weighted by Gasteiger charge is 2.20. The lowest BCUT2D eigenvalue weighted by Gasteiger charge is -2.21. The number of fused-ring (bicyclic) bond motifs is 1. The maximum absolute atomic E-state index is 13.7. The maximum Gasteiger partial charge on any atom is 0.303 e. The monoisotopic (exact) mass is 471 g/mol. The summed E-state index contributed by atoms with van der Waals surface area (Å²) in [5.41, 5.74) is 0.716. The Morgan fingerprint density at radius 2 is 1.97 bits per heavy atom. The third-order valence-electron chi connectivity index (χ3n) is 5.47. The predicted octanol–water partition coefficient (Wildman–Crippen LogP) is 3.86. The number of benzene rings is 1. The van der Waals surface area contributed by atoms with Crippen LogP contribution in [0.3, 0.4) is 0 Å². The summed E-state index contributed by atoms with van der Waals surface area (Å²) < 4.78 is 24.4. The van der Waals surface area contributed by atoms with Crippen molar-refractivity contribution in [1.29, 1.82) is 0 Å². The van der Waals surface area contributed by atoms with E-state index < -0.39 is 0 Å². The average Bonchev–Trinajstić information content (AvgIpc) is 3.11. The molecule has 9 heteroatoms. The second-order valence-electron chi connectivity index (χ2n) is 7.92. The zero-order valence-corrected chi connectivity index (χ0v) is 19.3. The van der Waals surface area contributed by atoms with Crippen LogP contribution >= 0.6 is 11.8 Å². The molecule has 1 saturated heterocycles. The molecule has 174 valence electrons. The van der Waals surface area contributed by atoms with Crippen molar-refractivity contribution in [3.05, 3.63) is 59.9 Å². The lowest BCUT2D eigenvalue weighted by atomic mass is 10.2. The number of ether oxygens (including phenoxy) is 1. The molecule has 0 bridgehead atoms. The smallest absolute Gasteiger partial charge is 0.303 e. The van der Waals surface area contributed by atoms with Crippen LogP contribution in [0, 0.1) is 5.82 Å². The summed E-state index contributed by atoms with van der Waals surface area (Å²) in [6, 6.07) is 10.0. The number of furan rings is 1. The first-order valence-corrected chi connectivity index (χ1v) is 11.8. The van der Waals surface area contributed by atoms with Crippen molar-refractivity contribution in [3.8, 4) is 0 Å². The van der Waals surface area contributed by atoms with Crippen LogP contribution in [-0.4, -0.2) is 58.6 Å². The summed E-state index contributed by atoms with van der Waals surface area (Å²) in [7, 11) is 0. The van der Waals surface area contributed by atoms with Gasteiger partial charge in [0.05, 0.1) is 17.8 Å². The average molecular weight is 472 g/mol. The molecule has 1 aromatic carbocycles. The van der Waals surface area contributed by atoms with Crippen LogP contribution in [0.1, 0.15) is 24.9 Å². The van der Waals surface area contributed by atoms with Crippen molar-refractivity contribution in [2.24, 2.45) is 0 Å². The number of nitrogens with zero attached hydrogens (tertiary/aromatic N) is 3. The summed E-state index contributed by atoms with van der Waals surface area (Å²) in [4.78, 5) is 33.1. The van der Waals surface area contributed by atoms with Crippen LogP contribution in [-0.2, 0) is 27.5 Å². The Labute approximate surface area is 195 Å². The topological polar surface area (TPSA) is 75.9 Å². The Hall–Kier alpha value is -2.91. The van der Waals surface area contributed by atoms with Gasteiger partial charge in [-0.3, -0.25) is 19.5 Å². The van der Waals surface area contributed by atoms with E-state index in [9.17, 15) is 14.0 Å². The van der Waals surface area contributed by atoms with Gasteiger partial charge in [-0.25, -0.2) is 4.39 Å². The van der Waals surface area contributed by atoms with Crippen molar-refractivity contribution in [2.45, 2.75) is 31.4 Å². The molecule has 3 aromatic rings. The Bertz CT molecular complexity index is 1140. The van der Waals surface area contributed by atoms with Crippen LogP contribution in [0.15, 0.2) is 51.9 Å². The molecule has 1 fully saturated rings. The van der Waals surface area contributed by atoms with Crippen molar-refractivity contribution in [1.82, 2.24) is 14.8 Å². The van der Waals surface area contributed by atoms with Crippen LogP contribution in [0.5, 0.6) is 0 Å². The van der Waals surface area contributed by atoms with E-state index in [4.69, 9.17) is 9.15 Å². The first kappa shape index (κ1) is 23.3. The second kappa shape index (κ2) is 10.8. The van der Waals surface area contributed by atoms with Gasteiger partial charge >= 0.3 is 5.97 Å². The van der Waals surface area contributed by atoms with Gasteiger partial charge in [-0.05, 0) is 42.8 Å². The second-order valence-corrected chi connectivity index (χ2v) is 8.94. The quantitative estimate of drug-likeness (QED) is 0.383. The van der Waals surface area contributed by atoms with E-state index in [1.807, 2.05) is 23.1 Å². The first-order chi connectivity index (χ1) is 16.0.